The number of carbonyl (C=O) groups excluding carboxylic acids is 2. The first-order chi connectivity index (χ1) is 13.6. The van der Waals surface area contributed by atoms with Crippen LogP contribution in [-0.4, -0.2) is 46.9 Å². The summed E-state index contributed by atoms with van der Waals surface area (Å²) in [5, 5.41) is 9.72. The number of anilines is 1. The van der Waals surface area contributed by atoms with Crippen molar-refractivity contribution in [2.75, 3.05) is 25.6 Å². The van der Waals surface area contributed by atoms with Crippen molar-refractivity contribution < 1.29 is 19.1 Å². The molecule has 0 spiro atoms. The number of benzene rings is 1. The number of rotatable bonds is 7. The molecule has 9 nitrogen and oxygen atoms in total. The van der Waals surface area contributed by atoms with Crippen LogP contribution in [0.3, 0.4) is 0 Å². The first-order valence-corrected chi connectivity index (χ1v) is 8.80. The average Bonchev–Trinajstić information content (AvgIpc) is 3.09. The topological polar surface area (TPSA) is 107 Å². The molecule has 3 rings (SSSR count). The minimum atomic E-state index is -0.458. The molecule has 3 aromatic rings. The van der Waals surface area contributed by atoms with Crippen LogP contribution in [0, 0.1) is 0 Å². The molecule has 0 unspecified atom stereocenters. The minimum Gasteiger partial charge on any atom is -0.497 e. The Kier molecular flexibility index (Phi) is 6.05. The van der Waals surface area contributed by atoms with Crippen LogP contribution in [0.1, 0.15) is 13.3 Å². The molecule has 2 amide bonds. The summed E-state index contributed by atoms with van der Waals surface area (Å²) >= 11 is 0. The zero-order chi connectivity index (χ0) is 19.9. The van der Waals surface area contributed by atoms with Gasteiger partial charge in [0.2, 0.25) is 0 Å². The van der Waals surface area contributed by atoms with E-state index in [1.165, 1.54) is 0 Å². The van der Waals surface area contributed by atoms with Gasteiger partial charge in [-0.3, -0.25) is 10.1 Å². The standard InChI is InChI=1S/C19H21N5O4/c1-3-28-18(25)9-10-20-19(26)22-16-12-24-17(21-16)8-7-15(23-24)13-5-4-6-14(11-13)27-2/h4-8,11-12H,3,9-10H2,1-2H3,(H2,20,22,26). The third-order valence-corrected chi connectivity index (χ3v) is 3.85. The van der Waals surface area contributed by atoms with Crippen LogP contribution in [-0.2, 0) is 9.53 Å². The molecule has 1 aromatic carbocycles. The number of nitrogens with one attached hydrogen (secondary N) is 2. The number of amides is 2. The van der Waals surface area contributed by atoms with Crippen LogP contribution in [0.5, 0.6) is 5.75 Å². The van der Waals surface area contributed by atoms with Crippen molar-refractivity contribution in [3.63, 3.8) is 0 Å². The largest absolute Gasteiger partial charge is 0.497 e. The number of aromatic nitrogens is 3. The Balaban J connectivity index is 1.65. The van der Waals surface area contributed by atoms with E-state index in [0.717, 1.165) is 17.0 Å². The van der Waals surface area contributed by atoms with Crippen LogP contribution in [0.25, 0.3) is 16.9 Å². The lowest BCUT2D eigenvalue weighted by atomic mass is 10.1. The molecule has 0 aliphatic rings. The van der Waals surface area contributed by atoms with Crippen molar-refractivity contribution in [3.8, 4) is 17.0 Å². The predicted molar refractivity (Wildman–Crippen MR) is 103 cm³/mol. The maximum Gasteiger partial charge on any atom is 0.320 e. The molecule has 0 saturated carbocycles. The number of carbonyl (C=O) groups is 2. The lowest BCUT2D eigenvalue weighted by Gasteiger charge is -2.05. The van der Waals surface area contributed by atoms with Crippen molar-refractivity contribution in [1.29, 1.82) is 0 Å². The van der Waals surface area contributed by atoms with Crippen molar-refractivity contribution in [2.45, 2.75) is 13.3 Å². The number of esters is 1. The highest BCUT2D eigenvalue weighted by Crippen LogP contribution is 2.22. The summed E-state index contributed by atoms with van der Waals surface area (Å²) < 4.78 is 11.6. The Hall–Kier alpha value is -3.62. The normalized spacial score (nSPS) is 10.5. The van der Waals surface area contributed by atoms with Gasteiger partial charge in [0.05, 0.1) is 32.0 Å². The second-order valence-corrected chi connectivity index (χ2v) is 5.82. The molecule has 2 aromatic heterocycles. The molecule has 9 heteroatoms. The Bertz CT molecular complexity index is 985. The van der Waals surface area contributed by atoms with Gasteiger partial charge < -0.3 is 14.8 Å². The zero-order valence-electron chi connectivity index (χ0n) is 15.6. The van der Waals surface area contributed by atoms with E-state index in [4.69, 9.17) is 9.47 Å². The SMILES string of the molecule is CCOC(=O)CCNC(=O)Nc1cn2nc(-c3cccc(OC)c3)ccc2n1. The molecule has 0 aliphatic carbocycles. The molecular formula is C19H21N5O4. The summed E-state index contributed by atoms with van der Waals surface area (Å²) in [6.07, 6.45) is 1.72. The van der Waals surface area contributed by atoms with E-state index in [0.29, 0.717) is 18.1 Å². The highest BCUT2D eigenvalue weighted by atomic mass is 16.5. The first-order valence-electron chi connectivity index (χ1n) is 8.80. The van der Waals surface area contributed by atoms with Crippen LogP contribution in [0.15, 0.2) is 42.6 Å². The van der Waals surface area contributed by atoms with E-state index in [9.17, 15) is 9.59 Å². The third-order valence-electron chi connectivity index (χ3n) is 3.85. The molecule has 0 fully saturated rings. The number of urea groups is 1. The van der Waals surface area contributed by atoms with Crippen molar-refractivity contribution in [3.05, 3.63) is 42.6 Å². The minimum absolute atomic E-state index is 0.109. The third kappa shape index (κ3) is 4.76. The van der Waals surface area contributed by atoms with Gasteiger partial charge in [0.15, 0.2) is 11.5 Å². The Morgan fingerprint density at radius 3 is 2.86 bits per heavy atom. The summed E-state index contributed by atoms with van der Waals surface area (Å²) in [6, 6.07) is 10.8. The summed E-state index contributed by atoms with van der Waals surface area (Å²) in [4.78, 5) is 27.5. The quantitative estimate of drug-likeness (QED) is 0.607. The Morgan fingerprint density at radius 1 is 1.21 bits per heavy atom. The molecule has 2 N–H and O–H groups in total. The van der Waals surface area contributed by atoms with Gasteiger partial charge >= 0.3 is 12.0 Å². The summed E-state index contributed by atoms with van der Waals surface area (Å²) in [5.74, 6) is 0.737. The Labute approximate surface area is 161 Å². The van der Waals surface area contributed by atoms with Crippen molar-refractivity contribution in [1.82, 2.24) is 19.9 Å². The van der Waals surface area contributed by atoms with E-state index in [1.807, 2.05) is 36.4 Å². The number of hydrogen-bond acceptors (Lipinski definition) is 6. The second-order valence-electron chi connectivity index (χ2n) is 5.82. The average molecular weight is 383 g/mol. The van der Waals surface area contributed by atoms with Crippen LogP contribution < -0.4 is 15.4 Å². The number of hydrogen-bond donors (Lipinski definition) is 2. The number of fused-ring (bicyclic) bond motifs is 1. The summed E-state index contributed by atoms with van der Waals surface area (Å²) in [7, 11) is 1.61. The highest BCUT2D eigenvalue weighted by molar-refractivity contribution is 5.88. The fraction of sp³-hybridized carbons (Fsp3) is 0.263. The number of imidazole rings is 1. The zero-order valence-corrected chi connectivity index (χ0v) is 15.6. The van der Waals surface area contributed by atoms with Gasteiger partial charge in [-0.2, -0.15) is 5.10 Å². The van der Waals surface area contributed by atoms with E-state index in [1.54, 1.807) is 24.7 Å². The van der Waals surface area contributed by atoms with E-state index in [-0.39, 0.29) is 18.9 Å². The lowest BCUT2D eigenvalue weighted by Crippen LogP contribution is -2.31. The van der Waals surface area contributed by atoms with Gasteiger partial charge in [-0.1, -0.05) is 12.1 Å². The fourth-order valence-corrected chi connectivity index (χ4v) is 2.55. The van der Waals surface area contributed by atoms with Crippen LogP contribution >= 0.6 is 0 Å². The molecule has 28 heavy (non-hydrogen) atoms. The molecule has 0 bridgehead atoms. The molecule has 146 valence electrons. The monoisotopic (exact) mass is 383 g/mol. The van der Waals surface area contributed by atoms with Crippen LogP contribution in [0.2, 0.25) is 0 Å². The number of ether oxygens (including phenoxy) is 2. The van der Waals surface area contributed by atoms with E-state index < -0.39 is 6.03 Å². The van der Waals surface area contributed by atoms with Gasteiger partial charge in [-0.15, -0.1) is 0 Å². The van der Waals surface area contributed by atoms with Crippen molar-refractivity contribution in [2.24, 2.45) is 0 Å². The van der Waals surface area contributed by atoms with Gasteiger partial charge in [0.25, 0.3) is 0 Å². The fourth-order valence-electron chi connectivity index (χ4n) is 2.55. The molecule has 0 saturated heterocycles. The molecule has 0 radical (unpaired) electrons. The molecular weight excluding hydrogens is 362 g/mol. The van der Waals surface area contributed by atoms with Gasteiger partial charge in [-0.25, -0.2) is 14.3 Å². The molecule has 0 atom stereocenters. The number of nitrogens with zero attached hydrogens (tertiary/aromatic N) is 3. The smallest absolute Gasteiger partial charge is 0.320 e. The van der Waals surface area contributed by atoms with Gasteiger partial charge in [0, 0.05) is 12.1 Å². The van der Waals surface area contributed by atoms with Crippen LogP contribution in [0.4, 0.5) is 10.6 Å². The number of methoxy groups -OCH3 is 1. The highest BCUT2D eigenvalue weighted by Gasteiger charge is 2.09. The Morgan fingerprint density at radius 2 is 2.07 bits per heavy atom. The van der Waals surface area contributed by atoms with E-state index >= 15 is 0 Å². The maximum atomic E-state index is 11.9. The first kappa shape index (κ1) is 19.2. The predicted octanol–water partition coefficient (Wildman–Crippen LogP) is 2.48. The molecule has 2 heterocycles. The maximum absolute atomic E-state index is 11.9. The van der Waals surface area contributed by atoms with Gasteiger partial charge in [0.1, 0.15) is 5.75 Å². The lowest BCUT2D eigenvalue weighted by molar-refractivity contribution is -0.142. The summed E-state index contributed by atoms with van der Waals surface area (Å²) in [5.41, 5.74) is 2.24. The summed E-state index contributed by atoms with van der Waals surface area (Å²) in [6.45, 7) is 2.22. The van der Waals surface area contributed by atoms with Crippen molar-refractivity contribution >= 4 is 23.5 Å². The van der Waals surface area contributed by atoms with Gasteiger partial charge in [-0.05, 0) is 31.2 Å². The molecule has 0 aliphatic heterocycles. The second kappa shape index (κ2) is 8.85. The van der Waals surface area contributed by atoms with E-state index in [2.05, 4.69) is 20.7 Å².